The van der Waals surface area contributed by atoms with Crippen molar-refractivity contribution in [2.24, 2.45) is 7.05 Å². The Balaban J connectivity index is 1.89. The molecule has 0 atom stereocenters. The first-order valence-electron chi connectivity index (χ1n) is 9.06. The number of rotatable bonds is 4. The van der Waals surface area contributed by atoms with Gasteiger partial charge in [-0.25, -0.2) is 4.98 Å². The largest absolute Gasteiger partial charge is 0.506 e. The van der Waals surface area contributed by atoms with Crippen molar-refractivity contribution in [2.45, 2.75) is 0 Å². The van der Waals surface area contributed by atoms with Crippen molar-refractivity contribution in [3.05, 3.63) is 101 Å². The fourth-order valence-corrected chi connectivity index (χ4v) is 3.35. The summed E-state index contributed by atoms with van der Waals surface area (Å²) >= 11 is 0. The van der Waals surface area contributed by atoms with Gasteiger partial charge in [0.2, 0.25) is 0 Å². The van der Waals surface area contributed by atoms with Crippen molar-refractivity contribution in [3.63, 3.8) is 0 Å². The van der Waals surface area contributed by atoms with E-state index in [1.54, 1.807) is 60.1 Å². The summed E-state index contributed by atoms with van der Waals surface area (Å²) in [5, 5.41) is 20.8. The summed E-state index contributed by atoms with van der Waals surface area (Å²) in [5.74, 6) is -0.158. The number of aromatic nitrogens is 2. The number of allylic oxidation sites excluding steroid dienone is 1. The van der Waals surface area contributed by atoms with E-state index in [1.807, 2.05) is 30.3 Å². The second kappa shape index (κ2) is 7.45. The standard InChI is InChI=1S/C24H17N3O2/c1-27-21-14-8-7-13-20(21)26-24(27)19(15-25)23(29)18-12-6-5-11-17(18)22(28)16-9-3-2-4-10-16/h2-14,29H,1H3. The van der Waals surface area contributed by atoms with Gasteiger partial charge in [0.15, 0.2) is 11.6 Å². The number of aryl methyl sites for hydroxylation is 1. The van der Waals surface area contributed by atoms with Crippen molar-refractivity contribution in [2.75, 3.05) is 0 Å². The van der Waals surface area contributed by atoms with Crippen LogP contribution in [0.3, 0.4) is 0 Å². The van der Waals surface area contributed by atoms with Gasteiger partial charge in [-0.2, -0.15) is 5.26 Å². The Morgan fingerprint density at radius 3 is 2.24 bits per heavy atom. The van der Waals surface area contributed by atoms with Crippen molar-refractivity contribution in [1.29, 1.82) is 5.26 Å². The minimum Gasteiger partial charge on any atom is -0.506 e. The number of fused-ring (bicyclic) bond motifs is 1. The molecule has 1 N–H and O–H groups in total. The van der Waals surface area contributed by atoms with E-state index in [2.05, 4.69) is 11.1 Å². The van der Waals surface area contributed by atoms with E-state index < -0.39 is 0 Å². The number of aliphatic hydroxyl groups excluding tert-OH is 1. The van der Waals surface area contributed by atoms with Crippen LogP contribution in [-0.2, 0) is 7.05 Å². The zero-order chi connectivity index (χ0) is 20.4. The zero-order valence-electron chi connectivity index (χ0n) is 15.7. The predicted octanol–water partition coefficient (Wildman–Crippen LogP) is 4.75. The molecule has 0 saturated carbocycles. The molecular weight excluding hydrogens is 362 g/mol. The number of para-hydroxylation sites is 2. The molecule has 3 aromatic carbocycles. The first kappa shape index (κ1) is 18.2. The quantitative estimate of drug-likeness (QED) is 0.315. The molecule has 4 aromatic rings. The Labute approximate surface area is 167 Å². The second-order valence-electron chi connectivity index (χ2n) is 6.56. The molecule has 0 aliphatic rings. The molecular formula is C24H17N3O2. The summed E-state index contributed by atoms with van der Waals surface area (Å²) in [7, 11) is 1.79. The number of ketones is 1. The van der Waals surface area contributed by atoms with Crippen molar-refractivity contribution in [1.82, 2.24) is 9.55 Å². The van der Waals surface area contributed by atoms with Crippen molar-refractivity contribution < 1.29 is 9.90 Å². The van der Waals surface area contributed by atoms with Gasteiger partial charge in [-0.05, 0) is 12.1 Å². The number of aliphatic hydroxyl groups is 1. The topological polar surface area (TPSA) is 78.9 Å². The number of carbonyl (C=O) groups is 1. The molecule has 1 heterocycles. The molecule has 0 unspecified atom stereocenters. The van der Waals surface area contributed by atoms with Crippen molar-refractivity contribution in [3.8, 4) is 6.07 Å². The third kappa shape index (κ3) is 3.17. The maximum absolute atomic E-state index is 13.0. The summed E-state index contributed by atoms with van der Waals surface area (Å²) in [6.45, 7) is 0. The van der Waals surface area contributed by atoms with Crippen molar-refractivity contribution >= 4 is 28.1 Å². The van der Waals surface area contributed by atoms with Gasteiger partial charge < -0.3 is 9.67 Å². The molecule has 0 saturated heterocycles. The van der Waals surface area contributed by atoms with Crippen LogP contribution >= 0.6 is 0 Å². The number of hydrogen-bond acceptors (Lipinski definition) is 4. The fourth-order valence-electron chi connectivity index (χ4n) is 3.35. The Hall–Kier alpha value is -4.17. The number of carbonyl (C=O) groups excluding carboxylic acids is 1. The van der Waals surface area contributed by atoms with E-state index in [-0.39, 0.29) is 17.1 Å². The van der Waals surface area contributed by atoms with E-state index in [4.69, 9.17) is 0 Å². The van der Waals surface area contributed by atoms with Crippen LogP contribution in [0.1, 0.15) is 27.3 Å². The van der Waals surface area contributed by atoms with E-state index in [9.17, 15) is 15.2 Å². The molecule has 140 valence electrons. The van der Waals surface area contributed by atoms with E-state index in [1.165, 1.54) is 0 Å². The predicted molar refractivity (Wildman–Crippen MR) is 112 cm³/mol. The van der Waals surface area contributed by atoms with E-state index >= 15 is 0 Å². The van der Waals surface area contributed by atoms with Gasteiger partial charge in [-0.1, -0.05) is 66.7 Å². The van der Waals surface area contributed by atoms with Gasteiger partial charge in [-0.3, -0.25) is 4.79 Å². The summed E-state index contributed by atoms with van der Waals surface area (Å²) in [6.07, 6.45) is 0. The summed E-state index contributed by atoms with van der Waals surface area (Å²) in [4.78, 5) is 17.5. The molecule has 0 aliphatic carbocycles. The average molecular weight is 379 g/mol. The Morgan fingerprint density at radius 2 is 1.55 bits per heavy atom. The van der Waals surface area contributed by atoms with Crippen LogP contribution in [0.2, 0.25) is 0 Å². The molecule has 29 heavy (non-hydrogen) atoms. The number of imidazole rings is 1. The summed E-state index contributed by atoms with van der Waals surface area (Å²) in [6, 6.07) is 25.1. The molecule has 0 amide bonds. The number of nitriles is 1. The average Bonchev–Trinajstić information content (AvgIpc) is 3.11. The zero-order valence-corrected chi connectivity index (χ0v) is 15.7. The van der Waals surface area contributed by atoms with Gasteiger partial charge in [0.1, 0.15) is 17.4 Å². The lowest BCUT2D eigenvalue weighted by Crippen LogP contribution is -2.06. The SMILES string of the molecule is Cn1c(C(C#N)=C(O)c2ccccc2C(=O)c2ccccc2)nc2ccccc21. The van der Waals surface area contributed by atoms with Crippen LogP contribution in [0.15, 0.2) is 78.9 Å². The molecule has 0 fully saturated rings. The lowest BCUT2D eigenvalue weighted by atomic mass is 9.96. The number of nitrogens with zero attached hydrogens (tertiary/aromatic N) is 3. The normalized spacial score (nSPS) is 11.7. The van der Waals surface area contributed by atoms with E-state index in [0.29, 0.717) is 22.5 Å². The van der Waals surface area contributed by atoms with Crippen LogP contribution in [0.4, 0.5) is 0 Å². The smallest absolute Gasteiger partial charge is 0.193 e. The van der Waals surface area contributed by atoms with Crippen LogP contribution in [0.5, 0.6) is 0 Å². The van der Waals surface area contributed by atoms with Gasteiger partial charge in [-0.15, -0.1) is 0 Å². The second-order valence-corrected chi connectivity index (χ2v) is 6.56. The highest BCUT2D eigenvalue weighted by atomic mass is 16.3. The van der Waals surface area contributed by atoms with Crippen LogP contribution < -0.4 is 0 Å². The summed E-state index contributed by atoms with van der Waals surface area (Å²) < 4.78 is 1.76. The maximum Gasteiger partial charge on any atom is 0.193 e. The first-order valence-corrected chi connectivity index (χ1v) is 9.06. The Bertz CT molecular complexity index is 1290. The lowest BCUT2D eigenvalue weighted by molar-refractivity contribution is 0.103. The maximum atomic E-state index is 13.0. The Kier molecular flexibility index (Phi) is 4.68. The van der Waals surface area contributed by atoms with E-state index in [0.717, 1.165) is 11.0 Å². The van der Waals surface area contributed by atoms with Gasteiger partial charge in [0.25, 0.3) is 0 Å². The third-order valence-electron chi connectivity index (χ3n) is 4.82. The molecule has 5 heteroatoms. The van der Waals surface area contributed by atoms with Gasteiger partial charge >= 0.3 is 0 Å². The molecule has 0 aliphatic heterocycles. The lowest BCUT2D eigenvalue weighted by Gasteiger charge is -2.10. The highest BCUT2D eigenvalue weighted by molar-refractivity contribution is 6.12. The molecule has 0 radical (unpaired) electrons. The monoisotopic (exact) mass is 379 g/mol. The van der Waals surface area contributed by atoms with Gasteiger partial charge in [0, 0.05) is 23.7 Å². The number of benzene rings is 3. The number of hydrogen-bond donors (Lipinski definition) is 1. The van der Waals surface area contributed by atoms with Crippen LogP contribution in [0.25, 0.3) is 22.4 Å². The molecule has 1 aromatic heterocycles. The van der Waals surface area contributed by atoms with Gasteiger partial charge in [0.05, 0.1) is 11.0 Å². The molecule has 0 bridgehead atoms. The van der Waals surface area contributed by atoms with Crippen LogP contribution in [-0.4, -0.2) is 20.4 Å². The third-order valence-corrected chi connectivity index (χ3v) is 4.82. The Morgan fingerprint density at radius 1 is 0.931 bits per heavy atom. The fraction of sp³-hybridized carbons (Fsp3) is 0.0417. The highest BCUT2D eigenvalue weighted by Crippen LogP contribution is 2.29. The minimum absolute atomic E-state index is 0.0111. The van der Waals surface area contributed by atoms with Crippen LogP contribution in [0, 0.1) is 11.3 Å². The summed E-state index contributed by atoms with van der Waals surface area (Å²) in [5.41, 5.74) is 2.70. The minimum atomic E-state index is -0.272. The molecule has 5 nitrogen and oxygen atoms in total. The first-order chi connectivity index (χ1) is 14.1. The molecule has 4 rings (SSSR count). The highest BCUT2D eigenvalue weighted by Gasteiger charge is 2.21. The molecule has 0 spiro atoms.